The van der Waals surface area contributed by atoms with Crippen LogP contribution in [-0.4, -0.2) is 12.9 Å². The van der Waals surface area contributed by atoms with Crippen LogP contribution in [0.15, 0.2) is 52.2 Å². The van der Waals surface area contributed by atoms with Crippen molar-refractivity contribution < 1.29 is 4.74 Å². The van der Waals surface area contributed by atoms with E-state index < -0.39 is 0 Å². The molecule has 3 N–H and O–H groups in total. The van der Waals surface area contributed by atoms with Gasteiger partial charge in [-0.2, -0.15) is 0 Å². The minimum Gasteiger partial charge on any atom is -0.449 e. The van der Waals surface area contributed by atoms with Crippen molar-refractivity contribution in [3.05, 3.63) is 47.2 Å². The van der Waals surface area contributed by atoms with Crippen LogP contribution in [0.1, 0.15) is 20.8 Å². The lowest BCUT2D eigenvalue weighted by Gasteiger charge is -2.19. The fraction of sp³-hybridized carbons (Fsp3) is 0.308. The Morgan fingerprint density at radius 2 is 1.94 bits per heavy atom. The summed E-state index contributed by atoms with van der Waals surface area (Å²) in [6, 6.07) is 0. The minimum absolute atomic E-state index is 0.387. The number of hydrogen-bond donors (Lipinski definition) is 2. The molecule has 0 aliphatic carbocycles. The van der Waals surface area contributed by atoms with Gasteiger partial charge < -0.3 is 15.8 Å². The topological polar surface area (TPSA) is 59.6 Å². The van der Waals surface area contributed by atoms with Crippen molar-refractivity contribution in [2.45, 2.75) is 20.8 Å². The van der Waals surface area contributed by atoms with Crippen molar-refractivity contribution in [1.82, 2.24) is 5.32 Å². The maximum Gasteiger partial charge on any atom is 0.188 e. The van der Waals surface area contributed by atoms with Gasteiger partial charge >= 0.3 is 0 Å². The summed E-state index contributed by atoms with van der Waals surface area (Å²) in [6.07, 6.45) is 7.54. The van der Waals surface area contributed by atoms with E-state index in [9.17, 15) is 0 Å². The second-order valence-electron chi connectivity index (χ2n) is 3.55. The molecule has 0 bridgehead atoms. The molecule has 0 radical (unpaired) electrons. The number of amidine groups is 1. The van der Waals surface area contributed by atoms with Gasteiger partial charge in [-0.25, -0.2) is 4.99 Å². The van der Waals surface area contributed by atoms with Gasteiger partial charge in [-0.15, -0.1) is 0 Å². The molecule has 1 aliphatic heterocycles. The molecule has 0 saturated carbocycles. The third kappa shape index (κ3) is 3.00. The van der Waals surface area contributed by atoms with Crippen LogP contribution in [0.25, 0.3) is 0 Å². The van der Waals surface area contributed by atoms with E-state index in [1.807, 2.05) is 52.1 Å². The Hall–Kier alpha value is -1.97. The molecule has 0 spiro atoms. The van der Waals surface area contributed by atoms with Crippen LogP contribution in [0.5, 0.6) is 0 Å². The number of rotatable bonds is 3. The number of aliphatic imine (C=N–C) groups is 1. The van der Waals surface area contributed by atoms with E-state index in [1.165, 1.54) is 0 Å². The summed E-state index contributed by atoms with van der Waals surface area (Å²) in [6.45, 7) is 5.75. The molecule has 0 unspecified atom stereocenters. The predicted octanol–water partition coefficient (Wildman–Crippen LogP) is 2.19. The van der Waals surface area contributed by atoms with Crippen LogP contribution in [0.3, 0.4) is 0 Å². The molecule has 4 heteroatoms. The number of nitrogens with two attached hydrogens (primary N) is 1. The lowest BCUT2D eigenvalue weighted by molar-refractivity contribution is 0.327. The summed E-state index contributed by atoms with van der Waals surface area (Å²) in [5.41, 5.74) is 7.46. The highest BCUT2D eigenvalue weighted by Gasteiger charge is 2.18. The lowest BCUT2D eigenvalue weighted by Crippen LogP contribution is -2.24. The van der Waals surface area contributed by atoms with Gasteiger partial charge in [-0.1, -0.05) is 12.2 Å². The van der Waals surface area contributed by atoms with Gasteiger partial charge in [0, 0.05) is 7.05 Å². The maximum atomic E-state index is 5.87. The number of nitrogens with zero attached hydrogens (tertiary/aromatic N) is 1. The van der Waals surface area contributed by atoms with Crippen LogP contribution in [0, 0.1) is 0 Å². The first-order valence-electron chi connectivity index (χ1n) is 5.54. The number of hydrogen-bond acceptors (Lipinski definition) is 4. The molecule has 1 aliphatic rings. The second kappa shape index (κ2) is 5.94. The van der Waals surface area contributed by atoms with E-state index in [1.54, 1.807) is 0 Å². The van der Waals surface area contributed by atoms with E-state index in [4.69, 9.17) is 10.5 Å². The standard InChI is InChI=1S/C13H19N3O/c1-5-7-10-11(8-6-2)17-12(9(3)15-4)13(14)16-10/h5-8,15H,1-4H3,(H2,14,16)/b7-5-,8-6-,12-9+. The molecule has 0 atom stereocenters. The Morgan fingerprint density at radius 3 is 2.47 bits per heavy atom. The molecule has 1 heterocycles. The van der Waals surface area contributed by atoms with Crippen molar-refractivity contribution in [1.29, 1.82) is 0 Å². The van der Waals surface area contributed by atoms with Gasteiger partial charge in [-0.3, -0.25) is 0 Å². The Kier molecular flexibility index (Phi) is 4.57. The van der Waals surface area contributed by atoms with Crippen LogP contribution >= 0.6 is 0 Å². The monoisotopic (exact) mass is 233 g/mol. The lowest BCUT2D eigenvalue weighted by atomic mass is 10.2. The van der Waals surface area contributed by atoms with Crippen molar-refractivity contribution in [3.8, 4) is 0 Å². The molecule has 4 nitrogen and oxygen atoms in total. The molecule has 0 aromatic carbocycles. The molecule has 0 saturated heterocycles. The summed E-state index contributed by atoms with van der Waals surface area (Å²) in [4.78, 5) is 4.34. The summed E-state index contributed by atoms with van der Waals surface area (Å²) >= 11 is 0. The van der Waals surface area contributed by atoms with Crippen molar-refractivity contribution in [2.24, 2.45) is 10.7 Å². The second-order valence-corrected chi connectivity index (χ2v) is 3.55. The van der Waals surface area contributed by atoms with Gasteiger partial charge in [0.05, 0.1) is 5.70 Å². The van der Waals surface area contributed by atoms with E-state index in [2.05, 4.69) is 10.3 Å². The fourth-order valence-corrected chi connectivity index (χ4v) is 1.38. The molecular weight excluding hydrogens is 214 g/mol. The third-order valence-corrected chi connectivity index (χ3v) is 2.30. The Morgan fingerprint density at radius 1 is 1.29 bits per heavy atom. The summed E-state index contributed by atoms with van der Waals surface area (Å²) in [5.74, 6) is 1.66. The molecule has 0 aromatic heterocycles. The highest BCUT2D eigenvalue weighted by atomic mass is 16.5. The average molecular weight is 233 g/mol. The van der Waals surface area contributed by atoms with E-state index >= 15 is 0 Å². The predicted molar refractivity (Wildman–Crippen MR) is 71.1 cm³/mol. The summed E-state index contributed by atoms with van der Waals surface area (Å²) < 4.78 is 5.76. The van der Waals surface area contributed by atoms with Crippen molar-refractivity contribution in [3.63, 3.8) is 0 Å². The fourth-order valence-electron chi connectivity index (χ4n) is 1.38. The molecule has 0 amide bonds. The zero-order chi connectivity index (χ0) is 12.8. The number of ether oxygens (including phenoxy) is 1. The first-order valence-corrected chi connectivity index (χ1v) is 5.54. The Bertz CT molecular complexity index is 440. The first kappa shape index (κ1) is 13.1. The van der Waals surface area contributed by atoms with Gasteiger partial charge in [0.1, 0.15) is 5.70 Å². The van der Waals surface area contributed by atoms with Gasteiger partial charge in [0.25, 0.3) is 0 Å². The normalized spacial score (nSPS) is 19.6. The van der Waals surface area contributed by atoms with Gasteiger partial charge in [0.2, 0.25) is 0 Å². The Labute approximate surface area is 102 Å². The molecule has 92 valence electrons. The molecular formula is C13H19N3O. The van der Waals surface area contributed by atoms with E-state index in [0.29, 0.717) is 17.4 Å². The average Bonchev–Trinajstić information content (AvgIpc) is 2.32. The Balaban J connectivity index is 3.24. The molecule has 1 rings (SSSR count). The maximum absolute atomic E-state index is 5.87. The van der Waals surface area contributed by atoms with Crippen LogP contribution in [0.2, 0.25) is 0 Å². The van der Waals surface area contributed by atoms with Crippen molar-refractivity contribution >= 4 is 5.84 Å². The highest BCUT2D eigenvalue weighted by Crippen LogP contribution is 2.22. The van der Waals surface area contributed by atoms with E-state index in [0.717, 1.165) is 11.4 Å². The largest absolute Gasteiger partial charge is 0.449 e. The number of nitrogens with one attached hydrogen (secondary N) is 1. The SMILES string of the molecule is C/C=C\C1=C(/C=C\C)O/C(=C(\C)NC)C(N)=N1. The zero-order valence-electron chi connectivity index (χ0n) is 10.7. The van der Waals surface area contributed by atoms with Crippen LogP contribution in [-0.2, 0) is 4.74 Å². The van der Waals surface area contributed by atoms with Gasteiger partial charge in [-0.05, 0) is 32.9 Å². The van der Waals surface area contributed by atoms with E-state index in [-0.39, 0.29) is 0 Å². The summed E-state index contributed by atoms with van der Waals surface area (Å²) in [5, 5.41) is 3.00. The van der Waals surface area contributed by atoms with Crippen LogP contribution in [0.4, 0.5) is 0 Å². The number of allylic oxidation sites excluding steroid dienone is 5. The highest BCUT2D eigenvalue weighted by molar-refractivity contribution is 5.97. The third-order valence-electron chi connectivity index (χ3n) is 2.30. The molecule has 17 heavy (non-hydrogen) atoms. The zero-order valence-corrected chi connectivity index (χ0v) is 10.7. The van der Waals surface area contributed by atoms with Crippen molar-refractivity contribution in [2.75, 3.05) is 7.05 Å². The summed E-state index contributed by atoms with van der Waals surface area (Å²) in [7, 11) is 1.82. The van der Waals surface area contributed by atoms with Crippen LogP contribution < -0.4 is 11.1 Å². The first-order chi connectivity index (χ1) is 8.13. The van der Waals surface area contributed by atoms with Gasteiger partial charge in [0.15, 0.2) is 17.4 Å². The molecule has 0 fully saturated rings. The quantitative estimate of drug-likeness (QED) is 0.785. The smallest absolute Gasteiger partial charge is 0.188 e. The minimum atomic E-state index is 0.387. The molecule has 0 aromatic rings.